The summed E-state index contributed by atoms with van der Waals surface area (Å²) in [4.78, 5) is 6.73. The third-order valence-electron chi connectivity index (χ3n) is 5.53. The van der Waals surface area contributed by atoms with E-state index in [1.807, 2.05) is 6.07 Å². The molecule has 7 heteroatoms. The molecule has 150 valence electrons. The molecule has 0 aliphatic carbocycles. The number of benzene rings is 1. The molecule has 0 unspecified atom stereocenters. The minimum Gasteiger partial charge on any atom is -0.381 e. The Morgan fingerprint density at radius 3 is 2.59 bits per heavy atom. The van der Waals surface area contributed by atoms with Crippen molar-refractivity contribution in [3.63, 3.8) is 0 Å². The highest BCUT2D eigenvalue weighted by Crippen LogP contribution is 2.34. The molecule has 0 radical (unpaired) electrons. The zero-order chi connectivity index (χ0) is 19.0. The van der Waals surface area contributed by atoms with Crippen LogP contribution >= 0.6 is 0 Å². The minimum absolute atomic E-state index is 0.137. The van der Waals surface area contributed by atoms with Gasteiger partial charge in [-0.05, 0) is 30.5 Å². The van der Waals surface area contributed by atoms with E-state index in [1.165, 1.54) is 6.07 Å². The Morgan fingerprint density at radius 2 is 1.89 bits per heavy atom. The second kappa shape index (κ2) is 10.0. The van der Waals surface area contributed by atoms with Gasteiger partial charge < -0.3 is 20.1 Å². The van der Waals surface area contributed by atoms with Gasteiger partial charge in [0.1, 0.15) is 5.82 Å². The molecule has 2 aliphatic rings. The molecule has 1 aromatic rings. The van der Waals surface area contributed by atoms with Crippen LogP contribution in [0, 0.1) is 5.82 Å². The first-order chi connectivity index (χ1) is 13.2. The number of guanidine groups is 1. The van der Waals surface area contributed by atoms with Crippen LogP contribution in [0.15, 0.2) is 29.3 Å². The maximum Gasteiger partial charge on any atom is 0.191 e. The number of nitrogens with one attached hydrogen (secondary N) is 2. The number of ether oxygens (including phenoxy) is 2. The summed E-state index contributed by atoms with van der Waals surface area (Å²) in [6.45, 7) is 7.48. The van der Waals surface area contributed by atoms with Gasteiger partial charge in [-0.3, -0.25) is 9.89 Å². The minimum atomic E-state index is -0.189. The van der Waals surface area contributed by atoms with E-state index in [9.17, 15) is 4.39 Å². The lowest BCUT2D eigenvalue weighted by Crippen LogP contribution is -2.49. The van der Waals surface area contributed by atoms with Crippen LogP contribution in [0.3, 0.4) is 0 Å². The molecule has 2 aliphatic heterocycles. The second-order valence-electron chi connectivity index (χ2n) is 7.21. The highest BCUT2D eigenvalue weighted by molar-refractivity contribution is 5.79. The summed E-state index contributed by atoms with van der Waals surface area (Å²) < 4.78 is 24.7. The standard InChI is InChI=1S/C20H31FN4O2/c1-22-19(23-7-8-25-9-13-27-14-10-25)24-16-20(5-11-26-12-6-20)17-3-2-4-18(21)15-17/h2-4,15H,5-14,16H2,1H3,(H2,22,23,24). The Kier molecular flexibility index (Phi) is 7.43. The molecular formula is C20H31FN4O2. The molecule has 6 nitrogen and oxygen atoms in total. The van der Waals surface area contributed by atoms with Gasteiger partial charge in [0, 0.05) is 58.4 Å². The quantitative estimate of drug-likeness (QED) is 0.578. The summed E-state index contributed by atoms with van der Waals surface area (Å²) in [5, 5.41) is 6.84. The van der Waals surface area contributed by atoms with Crippen molar-refractivity contribution < 1.29 is 13.9 Å². The number of morpholine rings is 1. The van der Waals surface area contributed by atoms with E-state index >= 15 is 0 Å². The van der Waals surface area contributed by atoms with Gasteiger partial charge in [0.2, 0.25) is 0 Å². The summed E-state index contributed by atoms with van der Waals surface area (Å²) in [6, 6.07) is 6.96. The number of aliphatic imine (C=N–C) groups is 1. The average molecular weight is 378 g/mol. The predicted molar refractivity (Wildman–Crippen MR) is 105 cm³/mol. The molecule has 27 heavy (non-hydrogen) atoms. The third kappa shape index (κ3) is 5.64. The number of hydrogen-bond acceptors (Lipinski definition) is 4. The van der Waals surface area contributed by atoms with Crippen molar-refractivity contribution in [3.8, 4) is 0 Å². The van der Waals surface area contributed by atoms with Gasteiger partial charge in [-0.1, -0.05) is 12.1 Å². The first-order valence-electron chi connectivity index (χ1n) is 9.80. The van der Waals surface area contributed by atoms with Crippen molar-refractivity contribution in [2.24, 2.45) is 4.99 Å². The molecule has 0 spiro atoms. The molecule has 0 saturated carbocycles. The van der Waals surface area contributed by atoms with Crippen LogP contribution in [0.4, 0.5) is 4.39 Å². The fourth-order valence-corrected chi connectivity index (χ4v) is 3.78. The Bertz CT molecular complexity index is 614. The van der Waals surface area contributed by atoms with Crippen molar-refractivity contribution in [3.05, 3.63) is 35.6 Å². The van der Waals surface area contributed by atoms with Crippen molar-refractivity contribution >= 4 is 5.96 Å². The zero-order valence-corrected chi connectivity index (χ0v) is 16.2. The lowest BCUT2D eigenvalue weighted by atomic mass is 9.74. The fraction of sp³-hybridized carbons (Fsp3) is 0.650. The summed E-state index contributed by atoms with van der Waals surface area (Å²) >= 11 is 0. The van der Waals surface area contributed by atoms with Crippen LogP contribution < -0.4 is 10.6 Å². The molecule has 2 N–H and O–H groups in total. The van der Waals surface area contributed by atoms with Gasteiger partial charge in [-0.2, -0.15) is 0 Å². The molecule has 0 bridgehead atoms. The largest absolute Gasteiger partial charge is 0.381 e. The Balaban J connectivity index is 1.55. The highest BCUT2D eigenvalue weighted by Gasteiger charge is 2.34. The second-order valence-corrected chi connectivity index (χ2v) is 7.21. The molecule has 0 atom stereocenters. The summed E-state index contributed by atoms with van der Waals surface area (Å²) in [5.41, 5.74) is 0.893. The maximum atomic E-state index is 13.8. The molecule has 0 aromatic heterocycles. The fourth-order valence-electron chi connectivity index (χ4n) is 3.78. The Morgan fingerprint density at radius 1 is 1.15 bits per heavy atom. The highest BCUT2D eigenvalue weighted by atomic mass is 19.1. The zero-order valence-electron chi connectivity index (χ0n) is 16.2. The van der Waals surface area contributed by atoms with Crippen LogP contribution in [0.25, 0.3) is 0 Å². The molecule has 2 saturated heterocycles. The SMILES string of the molecule is CN=C(NCCN1CCOCC1)NCC1(c2cccc(F)c2)CCOCC1. The van der Waals surface area contributed by atoms with Crippen LogP contribution in [0.5, 0.6) is 0 Å². The van der Waals surface area contributed by atoms with E-state index in [1.54, 1.807) is 19.2 Å². The first kappa shape index (κ1) is 20.0. The van der Waals surface area contributed by atoms with Crippen LogP contribution in [-0.2, 0) is 14.9 Å². The van der Waals surface area contributed by atoms with E-state index in [0.717, 1.165) is 63.8 Å². The van der Waals surface area contributed by atoms with Gasteiger partial charge in [-0.15, -0.1) is 0 Å². The van der Waals surface area contributed by atoms with Crippen molar-refractivity contribution in [2.45, 2.75) is 18.3 Å². The lowest BCUT2D eigenvalue weighted by Gasteiger charge is -2.38. The molecule has 2 heterocycles. The summed E-state index contributed by atoms with van der Waals surface area (Å²) in [7, 11) is 1.78. The number of rotatable bonds is 6. The normalized spacial score (nSPS) is 21.0. The topological polar surface area (TPSA) is 58.1 Å². The first-order valence-corrected chi connectivity index (χ1v) is 9.80. The molecule has 3 rings (SSSR count). The molecule has 1 aromatic carbocycles. The number of halogens is 1. The monoisotopic (exact) mass is 378 g/mol. The third-order valence-corrected chi connectivity index (χ3v) is 5.53. The van der Waals surface area contributed by atoms with Crippen LogP contribution in [0.1, 0.15) is 18.4 Å². The van der Waals surface area contributed by atoms with Crippen LogP contribution in [0.2, 0.25) is 0 Å². The molecule has 2 fully saturated rings. The van der Waals surface area contributed by atoms with Crippen LogP contribution in [-0.4, -0.2) is 77.1 Å². The van der Waals surface area contributed by atoms with Crippen molar-refractivity contribution in [1.82, 2.24) is 15.5 Å². The summed E-state index contributed by atoms with van der Waals surface area (Å²) in [6.07, 6.45) is 1.74. The Hall–Kier alpha value is -1.70. The molecular weight excluding hydrogens is 347 g/mol. The van der Waals surface area contributed by atoms with Gasteiger partial charge in [-0.25, -0.2) is 4.39 Å². The van der Waals surface area contributed by atoms with Gasteiger partial charge in [0.25, 0.3) is 0 Å². The average Bonchev–Trinajstić information content (AvgIpc) is 2.72. The lowest BCUT2D eigenvalue weighted by molar-refractivity contribution is 0.0388. The summed E-state index contributed by atoms with van der Waals surface area (Å²) in [5.74, 6) is 0.594. The predicted octanol–water partition coefficient (Wildman–Crippen LogP) is 1.37. The number of hydrogen-bond donors (Lipinski definition) is 2. The Labute approximate surface area is 161 Å². The van der Waals surface area contributed by atoms with E-state index in [4.69, 9.17) is 9.47 Å². The molecule has 0 amide bonds. The van der Waals surface area contributed by atoms with Crippen molar-refractivity contribution in [2.75, 3.05) is 66.2 Å². The smallest absolute Gasteiger partial charge is 0.191 e. The van der Waals surface area contributed by atoms with E-state index in [0.29, 0.717) is 19.8 Å². The number of nitrogens with zero attached hydrogens (tertiary/aromatic N) is 2. The van der Waals surface area contributed by atoms with Gasteiger partial charge in [0.05, 0.1) is 13.2 Å². The van der Waals surface area contributed by atoms with Gasteiger partial charge >= 0.3 is 0 Å². The van der Waals surface area contributed by atoms with E-state index in [2.05, 4.69) is 20.5 Å². The van der Waals surface area contributed by atoms with E-state index < -0.39 is 0 Å². The van der Waals surface area contributed by atoms with Crippen molar-refractivity contribution in [1.29, 1.82) is 0 Å². The van der Waals surface area contributed by atoms with Gasteiger partial charge in [0.15, 0.2) is 5.96 Å². The van der Waals surface area contributed by atoms with E-state index in [-0.39, 0.29) is 11.2 Å². The maximum absolute atomic E-state index is 13.8.